The maximum atomic E-state index is 3.40. The molecule has 0 aliphatic carbocycles. The molecule has 4 heavy (non-hydrogen) atoms. The minimum absolute atomic E-state index is 0.646. The van der Waals surface area contributed by atoms with E-state index in [1.807, 2.05) is 0 Å². The predicted molar refractivity (Wildman–Crippen MR) is 23.3 cm³/mol. The zero-order valence-electron chi connectivity index (χ0n) is 2.24. The topological polar surface area (TPSA) is 12.4 Å². The summed E-state index contributed by atoms with van der Waals surface area (Å²) in [6, 6.07) is 0. The van der Waals surface area contributed by atoms with Crippen molar-refractivity contribution in [2.45, 2.75) is 0 Å². The van der Waals surface area contributed by atoms with Gasteiger partial charge >= 0.3 is 0 Å². The fourth-order valence-electron chi connectivity index (χ4n) is 0. The number of halogens is 1. The Hall–Kier alpha value is 0.150. The molecule has 0 bridgehead atoms. The van der Waals surface area contributed by atoms with Gasteiger partial charge in [0.05, 0.1) is 5.45 Å². The molecule has 2 heteroatoms. The van der Waals surface area contributed by atoms with E-state index in [2.05, 4.69) is 27.6 Å². The van der Waals surface area contributed by atoms with Gasteiger partial charge in [0.1, 0.15) is 0 Å². The number of hydrogen-bond donors (Lipinski definition) is 0. The highest BCUT2D eigenvalue weighted by molar-refractivity contribution is 9.09. The Bertz CT molecular complexity index is 20.0. The van der Waals surface area contributed by atoms with E-state index < -0.39 is 0 Å². The van der Waals surface area contributed by atoms with Crippen molar-refractivity contribution in [1.82, 2.24) is 0 Å². The van der Waals surface area contributed by atoms with Crippen LogP contribution in [0.15, 0.2) is 4.99 Å². The molecule has 0 aromatic rings. The van der Waals surface area contributed by atoms with Gasteiger partial charge in [-0.3, -0.25) is 4.99 Å². The van der Waals surface area contributed by atoms with Crippen LogP contribution in [0.25, 0.3) is 0 Å². The third-order valence-corrected chi connectivity index (χ3v) is 0.439. The van der Waals surface area contributed by atoms with Gasteiger partial charge in [-0.15, -0.1) is 0 Å². The number of aliphatic imine (C=N–C) groups is 1. The summed E-state index contributed by atoms with van der Waals surface area (Å²) in [5.74, 6) is 0. The number of alkyl halides is 1. The van der Waals surface area contributed by atoms with Crippen molar-refractivity contribution in [2.24, 2.45) is 4.99 Å². The molecular formula is C2H4BrN. The zero-order valence-corrected chi connectivity index (χ0v) is 3.83. The summed E-state index contributed by atoms with van der Waals surface area (Å²) >= 11 is 3.02. The maximum absolute atomic E-state index is 3.40. The van der Waals surface area contributed by atoms with Gasteiger partial charge in [-0.2, -0.15) is 0 Å². The average molecular weight is 122 g/mol. The van der Waals surface area contributed by atoms with Crippen molar-refractivity contribution in [2.75, 3.05) is 5.45 Å². The van der Waals surface area contributed by atoms with E-state index in [-0.39, 0.29) is 0 Å². The summed E-state index contributed by atoms with van der Waals surface area (Å²) in [6.07, 6.45) is 0. The first-order valence-corrected chi connectivity index (χ1v) is 2.02. The molecule has 24 valence electrons. The van der Waals surface area contributed by atoms with Crippen LogP contribution in [-0.4, -0.2) is 12.2 Å². The van der Waals surface area contributed by atoms with Crippen molar-refractivity contribution in [3.8, 4) is 0 Å². The molecule has 0 spiro atoms. The van der Waals surface area contributed by atoms with Crippen LogP contribution in [0.1, 0.15) is 0 Å². The van der Waals surface area contributed by atoms with Crippen LogP contribution in [0.3, 0.4) is 0 Å². The molecule has 1 nitrogen and oxygen atoms in total. The van der Waals surface area contributed by atoms with Crippen LogP contribution >= 0.6 is 15.9 Å². The van der Waals surface area contributed by atoms with E-state index in [4.69, 9.17) is 0 Å². The largest absolute Gasteiger partial charge is 0.290 e. The molecule has 0 aromatic heterocycles. The second-order valence-corrected chi connectivity index (χ2v) is 0.845. The highest BCUT2D eigenvalue weighted by Gasteiger charge is 1.46. The second kappa shape index (κ2) is 3.15. The van der Waals surface area contributed by atoms with Crippen molar-refractivity contribution in [1.29, 1.82) is 0 Å². The Morgan fingerprint density at radius 3 is 2.25 bits per heavy atom. The van der Waals surface area contributed by atoms with E-state index in [0.29, 0.717) is 5.45 Å². The van der Waals surface area contributed by atoms with Crippen LogP contribution in [0, 0.1) is 0 Å². The van der Waals surface area contributed by atoms with E-state index in [0.717, 1.165) is 0 Å². The summed E-state index contributed by atoms with van der Waals surface area (Å²) in [5.41, 5.74) is 0.646. The first-order chi connectivity index (χ1) is 1.91. The summed E-state index contributed by atoms with van der Waals surface area (Å²) in [4.78, 5) is 3.40. The molecule has 0 radical (unpaired) electrons. The molecule has 0 N–H and O–H groups in total. The SMILES string of the molecule is C=NCBr. The molecule has 0 saturated heterocycles. The molecule has 0 rings (SSSR count). The van der Waals surface area contributed by atoms with Gasteiger partial charge in [0.2, 0.25) is 0 Å². The van der Waals surface area contributed by atoms with E-state index in [9.17, 15) is 0 Å². The zero-order chi connectivity index (χ0) is 3.41. The van der Waals surface area contributed by atoms with Crippen LogP contribution in [0.5, 0.6) is 0 Å². The van der Waals surface area contributed by atoms with Crippen molar-refractivity contribution >= 4 is 22.6 Å². The monoisotopic (exact) mass is 121 g/mol. The first kappa shape index (κ1) is 4.15. The lowest BCUT2D eigenvalue weighted by Crippen LogP contribution is -1.46. The molecule has 0 saturated carbocycles. The summed E-state index contributed by atoms with van der Waals surface area (Å²) in [7, 11) is 0. The highest BCUT2D eigenvalue weighted by Crippen LogP contribution is 1.72. The van der Waals surface area contributed by atoms with Gasteiger partial charge in [0, 0.05) is 0 Å². The normalized spacial score (nSPS) is 6.25. The standard InChI is InChI=1S/C2H4BrN/c1-4-2-3/h1-2H2. The first-order valence-electron chi connectivity index (χ1n) is 0.900. The van der Waals surface area contributed by atoms with Gasteiger partial charge in [-0.05, 0) is 6.72 Å². The molecule has 0 amide bonds. The second-order valence-electron chi connectivity index (χ2n) is 0.343. The van der Waals surface area contributed by atoms with Crippen molar-refractivity contribution in [3.63, 3.8) is 0 Å². The Labute approximate surface area is 33.9 Å². The molecule has 0 unspecified atom stereocenters. The van der Waals surface area contributed by atoms with Crippen LogP contribution in [0.4, 0.5) is 0 Å². The summed E-state index contributed by atoms with van der Waals surface area (Å²) in [5, 5.41) is 0. The minimum Gasteiger partial charge on any atom is -0.290 e. The third-order valence-electron chi connectivity index (χ3n) is 0.0845. The molecular weight excluding hydrogens is 118 g/mol. The highest BCUT2D eigenvalue weighted by atomic mass is 79.9. The Morgan fingerprint density at radius 2 is 2.25 bits per heavy atom. The summed E-state index contributed by atoms with van der Waals surface area (Å²) in [6.45, 7) is 3.18. The fraction of sp³-hybridized carbons (Fsp3) is 0.500. The van der Waals surface area contributed by atoms with Gasteiger partial charge in [0.25, 0.3) is 0 Å². The van der Waals surface area contributed by atoms with Crippen LogP contribution in [0.2, 0.25) is 0 Å². The third kappa shape index (κ3) is 2.15. The van der Waals surface area contributed by atoms with Crippen LogP contribution in [-0.2, 0) is 0 Å². The van der Waals surface area contributed by atoms with Crippen LogP contribution < -0.4 is 0 Å². The Kier molecular flexibility index (Phi) is 3.27. The van der Waals surface area contributed by atoms with Gasteiger partial charge in [0.15, 0.2) is 0 Å². The fourth-order valence-corrected chi connectivity index (χ4v) is 0. The molecule has 0 aliphatic heterocycles. The van der Waals surface area contributed by atoms with Crippen molar-refractivity contribution in [3.05, 3.63) is 0 Å². The van der Waals surface area contributed by atoms with Crippen molar-refractivity contribution < 1.29 is 0 Å². The van der Waals surface area contributed by atoms with E-state index >= 15 is 0 Å². The Balaban J connectivity index is 2.30. The number of rotatable bonds is 1. The van der Waals surface area contributed by atoms with Gasteiger partial charge in [-0.25, -0.2) is 0 Å². The minimum atomic E-state index is 0.646. The quantitative estimate of drug-likeness (QED) is 0.280. The Morgan fingerprint density at radius 1 is 2.00 bits per heavy atom. The lowest BCUT2D eigenvalue weighted by atomic mass is 11.4. The van der Waals surface area contributed by atoms with Gasteiger partial charge in [-0.1, -0.05) is 15.9 Å². The molecule has 0 aliphatic rings. The van der Waals surface area contributed by atoms with E-state index in [1.54, 1.807) is 0 Å². The number of nitrogens with zero attached hydrogens (tertiary/aromatic N) is 1. The maximum Gasteiger partial charge on any atom is 0.0933 e. The molecule has 0 atom stereocenters. The smallest absolute Gasteiger partial charge is 0.0933 e. The van der Waals surface area contributed by atoms with E-state index in [1.165, 1.54) is 0 Å². The lowest BCUT2D eigenvalue weighted by Gasteiger charge is -1.59. The molecule has 0 fully saturated rings. The molecule has 0 aromatic carbocycles. The number of hydrogen-bond acceptors (Lipinski definition) is 1. The average Bonchev–Trinajstić information content (AvgIpc) is 1.37. The predicted octanol–water partition coefficient (Wildman–Crippen LogP) is 1.04. The lowest BCUT2D eigenvalue weighted by molar-refractivity contribution is 1.44. The molecule has 0 heterocycles. The van der Waals surface area contributed by atoms with Gasteiger partial charge < -0.3 is 0 Å². The summed E-state index contributed by atoms with van der Waals surface area (Å²) < 4.78 is 0.